The van der Waals surface area contributed by atoms with Crippen LogP contribution in [-0.2, 0) is 4.79 Å². The molecule has 0 spiro atoms. The molecule has 1 aliphatic heterocycles. The molecule has 8 heteroatoms. The molecular weight excluding hydrogens is 380 g/mol. The Morgan fingerprint density at radius 2 is 1.86 bits per heavy atom. The van der Waals surface area contributed by atoms with Gasteiger partial charge in [-0.25, -0.2) is 9.79 Å². The second-order valence-corrected chi connectivity index (χ2v) is 6.81. The van der Waals surface area contributed by atoms with E-state index in [9.17, 15) is 9.59 Å². The fraction of sp³-hybridized carbons (Fsp3) is 0.150. The maximum Gasteiger partial charge on any atom is 0.335 e. The molecule has 144 valence electrons. The lowest BCUT2D eigenvalue weighted by Gasteiger charge is -2.10. The summed E-state index contributed by atoms with van der Waals surface area (Å²) in [5.74, 6) is -0.0637. The number of aromatic carboxylic acids is 1. The van der Waals surface area contributed by atoms with Crippen molar-refractivity contribution in [2.45, 2.75) is 0 Å². The highest BCUT2D eigenvalue weighted by atomic mass is 32.2. The van der Waals surface area contributed by atoms with E-state index in [0.29, 0.717) is 27.3 Å². The molecule has 0 atom stereocenters. The van der Waals surface area contributed by atoms with Crippen LogP contribution in [0, 0.1) is 0 Å². The van der Waals surface area contributed by atoms with Gasteiger partial charge in [-0.15, -0.1) is 0 Å². The predicted octanol–water partition coefficient (Wildman–Crippen LogP) is 3.64. The van der Waals surface area contributed by atoms with Crippen molar-refractivity contribution in [1.29, 1.82) is 0 Å². The van der Waals surface area contributed by atoms with E-state index in [-0.39, 0.29) is 11.5 Å². The minimum Gasteiger partial charge on any atom is -0.493 e. The molecule has 0 bridgehead atoms. The standard InChI is InChI=1S/C20H18N2O5S/c1-22-18(23)16(11-13-5-4-6-15(26-2)17(13)27-3)28-20(22)21-14-9-7-12(8-10-14)19(24)25/h4-11H,1-3H3,(H,24,25)/b16-11-,21-20?. The molecule has 2 aromatic carbocycles. The number of hydrogen-bond acceptors (Lipinski definition) is 6. The number of rotatable bonds is 5. The molecule has 2 aromatic rings. The van der Waals surface area contributed by atoms with E-state index < -0.39 is 5.97 Å². The van der Waals surface area contributed by atoms with Crippen LogP contribution in [0.2, 0.25) is 0 Å². The molecule has 1 saturated heterocycles. The zero-order valence-corrected chi connectivity index (χ0v) is 16.3. The van der Waals surface area contributed by atoms with Crippen LogP contribution in [0.5, 0.6) is 11.5 Å². The molecule has 0 saturated carbocycles. The zero-order valence-electron chi connectivity index (χ0n) is 15.5. The van der Waals surface area contributed by atoms with E-state index in [4.69, 9.17) is 14.6 Å². The number of hydrogen-bond donors (Lipinski definition) is 1. The van der Waals surface area contributed by atoms with E-state index in [1.807, 2.05) is 12.1 Å². The summed E-state index contributed by atoms with van der Waals surface area (Å²) in [5, 5.41) is 9.47. The van der Waals surface area contributed by atoms with Crippen LogP contribution in [0.3, 0.4) is 0 Å². The number of aliphatic imine (C=N–C) groups is 1. The second-order valence-electron chi connectivity index (χ2n) is 5.80. The summed E-state index contributed by atoms with van der Waals surface area (Å²) >= 11 is 1.23. The van der Waals surface area contributed by atoms with Crippen molar-refractivity contribution in [3.63, 3.8) is 0 Å². The first-order valence-electron chi connectivity index (χ1n) is 8.25. The molecule has 3 rings (SSSR count). The van der Waals surface area contributed by atoms with Gasteiger partial charge >= 0.3 is 5.97 Å². The van der Waals surface area contributed by atoms with Gasteiger partial charge in [-0.2, -0.15) is 0 Å². The summed E-state index contributed by atoms with van der Waals surface area (Å²) in [7, 11) is 4.74. The number of para-hydroxylation sites is 1. The highest BCUT2D eigenvalue weighted by molar-refractivity contribution is 8.18. The highest BCUT2D eigenvalue weighted by Crippen LogP contribution is 2.37. The number of nitrogens with zero attached hydrogens (tertiary/aromatic N) is 2. The third-order valence-corrected chi connectivity index (χ3v) is 5.12. The highest BCUT2D eigenvalue weighted by Gasteiger charge is 2.30. The van der Waals surface area contributed by atoms with Crippen molar-refractivity contribution in [1.82, 2.24) is 4.90 Å². The minimum absolute atomic E-state index is 0.179. The van der Waals surface area contributed by atoms with Gasteiger partial charge in [0.15, 0.2) is 16.7 Å². The maximum atomic E-state index is 12.6. The number of carbonyl (C=O) groups is 2. The molecule has 1 amide bonds. The average molecular weight is 398 g/mol. The van der Waals surface area contributed by atoms with Crippen LogP contribution < -0.4 is 9.47 Å². The number of thioether (sulfide) groups is 1. The Morgan fingerprint density at radius 3 is 2.46 bits per heavy atom. The smallest absolute Gasteiger partial charge is 0.335 e. The van der Waals surface area contributed by atoms with Gasteiger partial charge < -0.3 is 14.6 Å². The van der Waals surface area contributed by atoms with Gasteiger partial charge in [-0.05, 0) is 48.2 Å². The fourth-order valence-electron chi connectivity index (χ4n) is 2.61. The normalized spacial score (nSPS) is 16.7. The predicted molar refractivity (Wildman–Crippen MR) is 108 cm³/mol. The van der Waals surface area contributed by atoms with E-state index in [1.165, 1.54) is 28.8 Å². The molecule has 0 aromatic heterocycles. The summed E-state index contributed by atoms with van der Waals surface area (Å²) in [6.07, 6.45) is 1.74. The lowest BCUT2D eigenvalue weighted by atomic mass is 10.1. The number of amides is 1. The van der Waals surface area contributed by atoms with Crippen LogP contribution in [0.15, 0.2) is 52.4 Å². The third kappa shape index (κ3) is 3.86. The fourth-order valence-corrected chi connectivity index (χ4v) is 3.59. The SMILES string of the molecule is COc1cccc(/C=C2\SC(=Nc3ccc(C(=O)O)cc3)N(C)C2=O)c1OC. The number of carboxylic acids is 1. The molecule has 1 aliphatic rings. The molecule has 0 aliphatic carbocycles. The van der Waals surface area contributed by atoms with E-state index in [0.717, 1.165) is 5.56 Å². The van der Waals surface area contributed by atoms with Crippen molar-refractivity contribution in [3.05, 3.63) is 58.5 Å². The number of methoxy groups -OCH3 is 2. The Labute approximate surface area is 166 Å². The Balaban J connectivity index is 1.91. The van der Waals surface area contributed by atoms with Crippen LogP contribution in [0.25, 0.3) is 6.08 Å². The Bertz CT molecular complexity index is 983. The summed E-state index contributed by atoms with van der Waals surface area (Å²) in [6, 6.07) is 11.6. The van der Waals surface area contributed by atoms with Gasteiger partial charge in [-0.1, -0.05) is 12.1 Å². The van der Waals surface area contributed by atoms with Gasteiger partial charge in [0.25, 0.3) is 5.91 Å². The van der Waals surface area contributed by atoms with Gasteiger partial charge in [-0.3, -0.25) is 9.69 Å². The summed E-state index contributed by atoms with van der Waals surface area (Å²) in [4.78, 5) is 30.0. The Kier molecular flexibility index (Phi) is 5.70. The molecule has 0 unspecified atom stereocenters. The van der Waals surface area contributed by atoms with Crippen LogP contribution in [0.4, 0.5) is 5.69 Å². The molecule has 7 nitrogen and oxygen atoms in total. The third-order valence-electron chi connectivity index (χ3n) is 4.06. The number of ether oxygens (including phenoxy) is 2. The molecule has 28 heavy (non-hydrogen) atoms. The number of amidine groups is 1. The summed E-state index contributed by atoms with van der Waals surface area (Å²) < 4.78 is 10.7. The first-order valence-corrected chi connectivity index (χ1v) is 9.07. The minimum atomic E-state index is -1.00. The van der Waals surface area contributed by atoms with Crippen LogP contribution in [0.1, 0.15) is 15.9 Å². The Morgan fingerprint density at radius 1 is 1.14 bits per heavy atom. The van der Waals surface area contributed by atoms with E-state index in [1.54, 1.807) is 45.5 Å². The quantitative estimate of drug-likeness (QED) is 0.774. The van der Waals surface area contributed by atoms with Gasteiger partial charge in [0.2, 0.25) is 0 Å². The molecular formula is C20H18N2O5S. The average Bonchev–Trinajstić information content (AvgIpc) is 2.96. The van der Waals surface area contributed by atoms with Crippen LogP contribution in [-0.4, -0.2) is 48.3 Å². The Hall–Kier alpha value is -3.26. The summed E-state index contributed by atoms with van der Waals surface area (Å²) in [5.41, 5.74) is 1.46. The van der Waals surface area contributed by atoms with E-state index >= 15 is 0 Å². The van der Waals surface area contributed by atoms with Gasteiger partial charge in [0.1, 0.15) is 0 Å². The topological polar surface area (TPSA) is 88.4 Å². The van der Waals surface area contributed by atoms with Crippen molar-refractivity contribution in [2.75, 3.05) is 21.3 Å². The van der Waals surface area contributed by atoms with Gasteiger partial charge in [0.05, 0.1) is 30.4 Å². The first-order chi connectivity index (χ1) is 13.4. The van der Waals surface area contributed by atoms with Crippen molar-refractivity contribution in [2.24, 2.45) is 4.99 Å². The lowest BCUT2D eigenvalue weighted by Crippen LogP contribution is -2.23. The molecule has 1 N–H and O–H groups in total. The lowest BCUT2D eigenvalue weighted by molar-refractivity contribution is -0.121. The van der Waals surface area contributed by atoms with Crippen LogP contribution >= 0.6 is 11.8 Å². The number of carbonyl (C=O) groups excluding carboxylic acids is 1. The first kappa shape index (κ1) is 19.5. The van der Waals surface area contributed by atoms with Crippen molar-refractivity contribution in [3.8, 4) is 11.5 Å². The summed E-state index contributed by atoms with van der Waals surface area (Å²) in [6.45, 7) is 0. The van der Waals surface area contributed by atoms with Crippen molar-refractivity contribution < 1.29 is 24.2 Å². The second kappa shape index (κ2) is 8.18. The maximum absolute atomic E-state index is 12.6. The largest absolute Gasteiger partial charge is 0.493 e. The number of benzene rings is 2. The number of carboxylic acid groups (broad SMARTS) is 1. The van der Waals surface area contributed by atoms with Crippen molar-refractivity contribution >= 4 is 40.6 Å². The van der Waals surface area contributed by atoms with Gasteiger partial charge in [0, 0.05) is 12.6 Å². The zero-order chi connectivity index (χ0) is 20.3. The number of likely N-dealkylation sites (N-methyl/N-ethyl adjacent to an activating group) is 1. The monoisotopic (exact) mass is 398 g/mol. The molecule has 0 radical (unpaired) electrons. The molecule has 1 heterocycles. The van der Waals surface area contributed by atoms with E-state index in [2.05, 4.69) is 4.99 Å². The molecule has 1 fully saturated rings.